The lowest BCUT2D eigenvalue weighted by Crippen LogP contribution is -2.45. The first-order valence-corrected chi connectivity index (χ1v) is 15.6. The Bertz CT molecular complexity index is 1410. The van der Waals surface area contributed by atoms with Crippen molar-refractivity contribution in [3.05, 3.63) is 112 Å². The van der Waals surface area contributed by atoms with Crippen LogP contribution in [0.25, 0.3) is 0 Å². The molecule has 3 aromatic rings. The van der Waals surface area contributed by atoms with Gasteiger partial charge in [-0.15, -0.1) is 36.2 Å². The summed E-state index contributed by atoms with van der Waals surface area (Å²) in [6.07, 6.45) is 16.0. The van der Waals surface area contributed by atoms with Crippen LogP contribution in [0.15, 0.2) is 96.3 Å². The number of carbonyl (C=O) groups is 2. The molecule has 4 heterocycles. The molecule has 1 aromatic carbocycles. The highest BCUT2D eigenvalue weighted by atomic mass is 35.5. The molecule has 2 aromatic heterocycles. The van der Waals surface area contributed by atoms with Crippen LogP contribution in [0, 0.1) is 5.41 Å². The van der Waals surface area contributed by atoms with Crippen LogP contribution in [0.4, 0.5) is 0 Å². The minimum Gasteiger partial charge on any atom is -0.375 e. The Morgan fingerprint density at radius 3 is 2.49 bits per heavy atom. The van der Waals surface area contributed by atoms with E-state index in [-0.39, 0.29) is 41.6 Å². The molecular formula is C34H40Cl2N4O2S. The molecule has 2 fully saturated rings. The van der Waals surface area contributed by atoms with Crippen LogP contribution in [-0.4, -0.2) is 52.8 Å². The third kappa shape index (κ3) is 7.17. The van der Waals surface area contributed by atoms with Crippen molar-refractivity contribution in [2.24, 2.45) is 5.41 Å². The monoisotopic (exact) mass is 638 g/mol. The summed E-state index contributed by atoms with van der Waals surface area (Å²) in [5.74, 6) is 0.331. The predicted octanol–water partition coefficient (Wildman–Crippen LogP) is 6.79. The van der Waals surface area contributed by atoms with E-state index in [0.29, 0.717) is 19.0 Å². The summed E-state index contributed by atoms with van der Waals surface area (Å²) in [6.45, 7) is 3.96. The summed E-state index contributed by atoms with van der Waals surface area (Å²) in [6, 6.07) is 18.5. The second kappa shape index (κ2) is 14.6. The molecule has 1 atom stereocenters. The van der Waals surface area contributed by atoms with Crippen LogP contribution in [0.2, 0.25) is 0 Å². The molecule has 2 amide bonds. The quantitative estimate of drug-likeness (QED) is 0.262. The fourth-order valence-corrected chi connectivity index (χ4v) is 7.47. The molecule has 43 heavy (non-hydrogen) atoms. The zero-order chi connectivity index (χ0) is 28.1. The maximum Gasteiger partial charge on any atom is 0.261 e. The maximum atomic E-state index is 13.6. The van der Waals surface area contributed by atoms with Gasteiger partial charge in [-0.1, -0.05) is 54.6 Å². The second-order valence-corrected chi connectivity index (χ2v) is 12.6. The van der Waals surface area contributed by atoms with E-state index in [0.717, 1.165) is 68.6 Å². The second-order valence-electron chi connectivity index (χ2n) is 11.7. The standard InChI is InChI=1S/C34H38N4O2S.2ClH/c39-31(30-12-6-23-41-30)36-19-7-14-34(28-9-2-1-3-10-28)13-4-11-29(24-34)37-20-15-33(16-21-37)17-22-38(32(33)40)26-27-8-5-18-35-25-27;;/h1-6,8-13,18,23,25H,7,14-17,19-22,24,26H2,(H,36,39);2*1H. The summed E-state index contributed by atoms with van der Waals surface area (Å²) in [5, 5.41) is 5.04. The van der Waals surface area contributed by atoms with Crippen LogP contribution in [-0.2, 0) is 16.8 Å². The first kappa shape index (κ1) is 32.8. The van der Waals surface area contributed by atoms with Crippen LogP contribution < -0.4 is 5.32 Å². The van der Waals surface area contributed by atoms with E-state index in [1.807, 2.05) is 40.7 Å². The molecular weight excluding hydrogens is 599 g/mol. The van der Waals surface area contributed by atoms with Gasteiger partial charge >= 0.3 is 0 Å². The molecule has 228 valence electrons. The Balaban J connectivity index is 0.00000212. The van der Waals surface area contributed by atoms with E-state index >= 15 is 0 Å². The Labute approximate surface area is 271 Å². The Morgan fingerprint density at radius 1 is 0.977 bits per heavy atom. The lowest BCUT2D eigenvalue weighted by atomic mass is 9.70. The minimum atomic E-state index is -0.221. The number of carbonyl (C=O) groups excluding carboxylic acids is 2. The summed E-state index contributed by atoms with van der Waals surface area (Å²) in [7, 11) is 0. The highest BCUT2D eigenvalue weighted by Gasteiger charge is 2.48. The number of hydrogen-bond acceptors (Lipinski definition) is 5. The molecule has 3 aliphatic rings. The van der Waals surface area contributed by atoms with Crippen LogP contribution in [0.1, 0.15) is 59.3 Å². The fourth-order valence-electron chi connectivity index (χ4n) is 6.83. The number of thiophene rings is 1. The number of pyridine rings is 1. The van der Waals surface area contributed by atoms with Gasteiger partial charge in [0.25, 0.3) is 5.91 Å². The van der Waals surface area contributed by atoms with Crippen LogP contribution in [0.3, 0.4) is 0 Å². The van der Waals surface area contributed by atoms with E-state index in [1.54, 1.807) is 6.20 Å². The van der Waals surface area contributed by atoms with Gasteiger partial charge in [-0.3, -0.25) is 14.6 Å². The molecule has 6 rings (SSSR count). The maximum absolute atomic E-state index is 13.6. The highest BCUT2D eigenvalue weighted by Crippen LogP contribution is 2.45. The number of amides is 2. The molecule has 1 aliphatic carbocycles. The lowest BCUT2D eigenvalue weighted by molar-refractivity contribution is -0.138. The smallest absolute Gasteiger partial charge is 0.261 e. The van der Waals surface area contributed by atoms with E-state index in [4.69, 9.17) is 0 Å². The van der Waals surface area contributed by atoms with Crippen molar-refractivity contribution in [2.75, 3.05) is 26.2 Å². The number of rotatable bonds is 9. The number of benzene rings is 1. The normalized spacial score (nSPS) is 20.7. The number of hydrogen-bond donors (Lipinski definition) is 1. The molecule has 6 nitrogen and oxygen atoms in total. The average molecular weight is 640 g/mol. The molecule has 9 heteroatoms. The molecule has 1 N–H and O–H groups in total. The van der Waals surface area contributed by atoms with Gasteiger partial charge in [0, 0.05) is 62.7 Å². The highest BCUT2D eigenvalue weighted by molar-refractivity contribution is 7.12. The number of likely N-dealkylation sites (tertiary alicyclic amines) is 2. The van der Waals surface area contributed by atoms with Gasteiger partial charge in [-0.05, 0) is 66.8 Å². The molecule has 2 aliphatic heterocycles. The van der Waals surface area contributed by atoms with E-state index < -0.39 is 0 Å². The molecule has 2 saturated heterocycles. The van der Waals surface area contributed by atoms with E-state index in [1.165, 1.54) is 22.6 Å². The summed E-state index contributed by atoms with van der Waals surface area (Å²) in [4.78, 5) is 35.5. The van der Waals surface area contributed by atoms with Crippen molar-refractivity contribution < 1.29 is 9.59 Å². The number of nitrogens with one attached hydrogen (secondary N) is 1. The zero-order valence-electron chi connectivity index (χ0n) is 24.3. The number of allylic oxidation sites excluding steroid dienone is 4. The Hall–Kier alpha value is -3.13. The average Bonchev–Trinajstić information content (AvgIpc) is 3.67. The van der Waals surface area contributed by atoms with Crippen LogP contribution in [0.5, 0.6) is 0 Å². The zero-order valence-corrected chi connectivity index (χ0v) is 26.8. The van der Waals surface area contributed by atoms with Gasteiger partial charge in [0.1, 0.15) is 0 Å². The van der Waals surface area contributed by atoms with Gasteiger partial charge < -0.3 is 15.1 Å². The van der Waals surface area contributed by atoms with Gasteiger partial charge in [0.2, 0.25) is 5.91 Å². The summed E-state index contributed by atoms with van der Waals surface area (Å²) >= 11 is 1.47. The molecule has 0 bridgehead atoms. The minimum absolute atomic E-state index is 0. The molecule has 0 radical (unpaired) electrons. The van der Waals surface area contributed by atoms with Gasteiger partial charge in [0.05, 0.1) is 10.3 Å². The van der Waals surface area contributed by atoms with Crippen LogP contribution >= 0.6 is 36.2 Å². The number of aromatic nitrogens is 1. The number of nitrogens with zero attached hydrogens (tertiary/aromatic N) is 3. The topological polar surface area (TPSA) is 65.5 Å². The number of halogens is 2. The third-order valence-corrected chi connectivity index (χ3v) is 10.1. The first-order valence-electron chi connectivity index (χ1n) is 14.8. The van der Waals surface area contributed by atoms with Crippen molar-refractivity contribution in [3.8, 4) is 0 Å². The van der Waals surface area contributed by atoms with Crippen molar-refractivity contribution in [1.29, 1.82) is 0 Å². The van der Waals surface area contributed by atoms with Gasteiger partial charge in [-0.2, -0.15) is 0 Å². The molecule has 1 unspecified atom stereocenters. The Morgan fingerprint density at radius 2 is 1.77 bits per heavy atom. The third-order valence-electron chi connectivity index (χ3n) is 9.20. The summed E-state index contributed by atoms with van der Waals surface area (Å²) < 4.78 is 0. The van der Waals surface area contributed by atoms with Gasteiger partial charge in [0.15, 0.2) is 0 Å². The molecule has 1 spiro atoms. The number of piperidine rings is 1. The van der Waals surface area contributed by atoms with E-state index in [2.05, 4.69) is 63.8 Å². The van der Waals surface area contributed by atoms with Crippen molar-refractivity contribution >= 4 is 48.0 Å². The summed E-state index contributed by atoms with van der Waals surface area (Å²) in [5.41, 5.74) is 3.43. The van der Waals surface area contributed by atoms with E-state index in [9.17, 15) is 9.59 Å². The largest absolute Gasteiger partial charge is 0.375 e. The van der Waals surface area contributed by atoms with Crippen molar-refractivity contribution in [3.63, 3.8) is 0 Å². The SMILES string of the molecule is Cl.Cl.O=C(NCCCC1(c2ccccc2)C=CC=C(N2CCC3(CCN(Cc4cccnc4)C3=O)CC2)C1)c1cccs1. The van der Waals surface area contributed by atoms with Gasteiger partial charge in [-0.25, -0.2) is 0 Å². The van der Waals surface area contributed by atoms with Crippen molar-refractivity contribution in [1.82, 2.24) is 20.1 Å². The predicted molar refractivity (Wildman–Crippen MR) is 178 cm³/mol. The fraction of sp³-hybridized carbons (Fsp3) is 0.382. The van der Waals surface area contributed by atoms with Crippen molar-refractivity contribution in [2.45, 2.75) is 50.5 Å². The first-order chi connectivity index (χ1) is 20.1. The molecule has 0 saturated carbocycles. The Kier molecular flexibility index (Phi) is 11.1. The lowest BCUT2D eigenvalue weighted by Gasteiger charge is -2.43.